The molecule has 20 heavy (non-hydrogen) atoms. The van der Waals surface area contributed by atoms with Crippen molar-refractivity contribution in [3.63, 3.8) is 0 Å². The molecule has 1 aliphatic heterocycles. The topological polar surface area (TPSA) is 64.9 Å². The summed E-state index contributed by atoms with van der Waals surface area (Å²) in [6, 6.07) is 4.57. The number of hydrogen-bond acceptors (Lipinski definition) is 3. The zero-order valence-electron chi connectivity index (χ0n) is 11.5. The molecule has 1 saturated heterocycles. The van der Waals surface area contributed by atoms with Crippen LogP contribution in [0.3, 0.4) is 0 Å². The third kappa shape index (κ3) is 3.55. The summed E-state index contributed by atoms with van der Waals surface area (Å²) in [6.07, 6.45) is 2.53. The highest BCUT2D eigenvalue weighted by Crippen LogP contribution is 2.22. The van der Waals surface area contributed by atoms with Gasteiger partial charge in [-0.25, -0.2) is 4.39 Å². The van der Waals surface area contributed by atoms with Crippen molar-refractivity contribution in [2.24, 2.45) is 5.92 Å². The Morgan fingerprint density at radius 2 is 2.40 bits per heavy atom. The summed E-state index contributed by atoms with van der Waals surface area (Å²) in [6.45, 7) is 3.44. The summed E-state index contributed by atoms with van der Waals surface area (Å²) >= 11 is 0. The minimum absolute atomic E-state index is 0.128. The van der Waals surface area contributed by atoms with Crippen molar-refractivity contribution in [2.45, 2.75) is 26.2 Å². The molecule has 5 heteroatoms. The number of nitrogens with one attached hydrogen (secondary N) is 2. The van der Waals surface area contributed by atoms with Crippen molar-refractivity contribution < 1.29 is 9.18 Å². The van der Waals surface area contributed by atoms with Crippen LogP contribution in [0, 0.1) is 30.0 Å². The third-order valence-electron chi connectivity index (χ3n) is 3.62. The molecular weight excluding hydrogens is 257 g/mol. The van der Waals surface area contributed by atoms with E-state index in [4.69, 9.17) is 5.26 Å². The van der Waals surface area contributed by atoms with Crippen LogP contribution in [-0.2, 0) is 4.79 Å². The Hall–Kier alpha value is -1.93. The molecule has 106 valence electrons. The Morgan fingerprint density at radius 1 is 1.60 bits per heavy atom. The molecule has 0 aromatic heterocycles. The molecule has 0 saturated carbocycles. The maximum Gasteiger partial charge on any atom is 0.224 e. The molecule has 0 spiro atoms. The lowest BCUT2D eigenvalue weighted by atomic mass is 9.96. The Labute approximate surface area is 118 Å². The third-order valence-corrected chi connectivity index (χ3v) is 3.62. The van der Waals surface area contributed by atoms with E-state index in [1.807, 2.05) is 6.07 Å². The van der Waals surface area contributed by atoms with Crippen molar-refractivity contribution in [1.82, 2.24) is 5.32 Å². The smallest absolute Gasteiger partial charge is 0.224 e. The Bertz CT molecular complexity index is 545. The molecule has 2 rings (SSSR count). The number of nitriles is 1. The summed E-state index contributed by atoms with van der Waals surface area (Å²) < 4.78 is 13.6. The Kier molecular flexibility index (Phi) is 4.70. The van der Waals surface area contributed by atoms with Crippen LogP contribution < -0.4 is 10.6 Å². The molecule has 0 bridgehead atoms. The first-order valence-corrected chi connectivity index (χ1v) is 6.81. The molecule has 1 fully saturated rings. The lowest BCUT2D eigenvalue weighted by molar-refractivity contribution is -0.117. The summed E-state index contributed by atoms with van der Waals surface area (Å²) in [5.41, 5.74) is 0.956. The van der Waals surface area contributed by atoms with Crippen molar-refractivity contribution in [3.05, 3.63) is 29.1 Å². The van der Waals surface area contributed by atoms with Gasteiger partial charge in [0, 0.05) is 17.7 Å². The van der Waals surface area contributed by atoms with E-state index in [0.29, 0.717) is 23.6 Å². The van der Waals surface area contributed by atoms with Crippen molar-refractivity contribution in [3.8, 4) is 6.07 Å². The monoisotopic (exact) mass is 275 g/mol. The van der Waals surface area contributed by atoms with Crippen LogP contribution in [0.4, 0.5) is 10.1 Å². The summed E-state index contributed by atoms with van der Waals surface area (Å²) in [7, 11) is 0. The number of amides is 1. The number of carbonyl (C=O) groups excluding carboxylic acids is 1. The first-order chi connectivity index (χ1) is 9.60. The summed E-state index contributed by atoms with van der Waals surface area (Å²) in [5.74, 6) is -0.275. The molecule has 4 nitrogen and oxygen atoms in total. The highest BCUT2D eigenvalue weighted by Gasteiger charge is 2.18. The molecule has 1 unspecified atom stereocenters. The number of hydrogen-bond donors (Lipinski definition) is 2. The Morgan fingerprint density at radius 3 is 3.05 bits per heavy atom. The maximum absolute atomic E-state index is 13.6. The second kappa shape index (κ2) is 6.49. The molecule has 1 aliphatic rings. The maximum atomic E-state index is 13.6. The largest absolute Gasteiger partial charge is 0.326 e. The van der Waals surface area contributed by atoms with Crippen LogP contribution in [-0.4, -0.2) is 19.0 Å². The fraction of sp³-hybridized carbons (Fsp3) is 0.467. The van der Waals surface area contributed by atoms with Gasteiger partial charge in [-0.1, -0.05) is 0 Å². The van der Waals surface area contributed by atoms with E-state index in [0.717, 1.165) is 25.9 Å². The number of benzene rings is 1. The van der Waals surface area contributed by atoms with E-state index in [1.165, 1.54) is 12.1 Å². The molecule has 1 aromatic carbocycles. The van der Waals surface area contributed by atoms with E-state index in [1.54, 1.807) is 6.92 Å². The zero-order chi connectivity index (χ0) is 14.5. The average molecular weight is 275 g/mol. The van der Waals surface area contributed by atoms with Gasteiger partial charge < -0.3 is 10.6 Å². The van der Waals surface area contributed by atoms with Gasteiger partial charge in [0.15, 0.2) is 0 Å². The number of piperidine rings is 1. The normalized spacial score (nSPS) is 18.4. The van der Waals surface area contributed by atoms with E-state index in [2.05, 4.69) is 10.6 Å². The molecule has 1 aromatic rings. The van der Waals surface area contributed by atoms with Crippen LogP contribution >= 0.6 is 0 Å². The minimum atomic E-state index is -0.473. The number of halogens is 1. The van der Waals surface area contributed by atoms with Gasteiger partial charge in [0.25, 0.3) is 0 Å². The predicted molar refractivity (Wildman–Crippen MR) is 74.7 cm³/mol. The number of carbonyl (C=O) groups is 1. The van der Waals surface area contributed by atoms with E-state index in [9.17, 15) is 9.18 Å². The van der Waals surface area contributed by atoms with Crippen molar-refractivity contribution in [1.29, 1.82) is 5.26 Å². The first-order valence-electron chi connectivity index (χ1n) is 6.81. The highest BCUT2D eigenvalue weighted by molar-refractivity contribution is 5.91. The van der Waals surface area contributed by atoms with Gasteiger partial charge in [-0.15, -0.1) is 0 Å². The van der Waals surface area contributed by atoms with Gasteiger partial charge >= 0.3 is 0 Å². The average Bonchev–Trinajstić information content (AvgIpc) is 2.44. The molecular formula is C15H18FN3O. The van der Waals surface area contributed by atoms with Crippen LogP contribution in [0.2, 0.25) is 0 Å². The van der Waals surface area contributed by atoms with E-state index >= 15 is 0 Å². The van der Waals surface area contributed by atoms with Crippen LogP contribution in [0.1, 0.15) is 30.4 Å². The SMILES string of the molecule is Cc1c(F)cc(C#N)cc1NC(=O)CC1CCCNC1. The molecule has 1 atom stereocenters. The summed E-state index contributed by atoms with van der Waals surface area (Å²) in [4.78, 5) is 12.0. The quantitative estimate of drug-likeness (QED) is 0.890. The van der Waals surface area contributed by atoms with E-state index < -0.39 is 5.82 Å². The second-order valence-corrected chi connectivity index (χ2v) is 5.21. The Balaban J connectivity index is 2.03. The van der Waals surface area contributed by atoms with Gasteiger partial charge in [-0.05, 0) is 50.9 Å². The second-order valence-electron chi connectivity index (χ2n) is 5.21. The predicted octanol–water partition coefficient (Wildman–Crippen LogP) is 2.33. The van der Waals surface area contributed by atoms with Crippen LogP contribution in [0.5, 0.6) is 0 Å². The van der Waals surface area contributed by atoms with Crippen molar-refractivity contribution >= 4 is 11.6 Å². The molecule has 0 aliphatic carbocycles. The van der Waals surface area contributed by atoms with Crippen LogP contribution in [0.15, 0.2) is 12.1 Å². The zero-order valence-corrected chi connectivity index (χ0v) is 11.5. The van der Waals surface area contributed by atoms with Crippen molar-refractivity contribution in [2.75, 3.05) is 18.4 Å². The molecule has 1 heterocycles. The van der Waals surface area contributed by atoms with Gasteiger partial charge in [0.1, 0.15) is 5.82 Å². The van der Waals surface area contributed by atoms with E-state index in [-0.39, 0.29) is 11.5 Å². The number of rotatable bonds is 3. The lowest BCUT2D eigenvalue weighted by Gasteiger charge is -2.22. The fourth-order valence-electron chi connectivity index (χ4n) is 2.43. The molecule has 1 amide bonds. The van der Waals surface area contributed by atoms with Crippen LogP contribution in [0.25, 0.3) is 0 Å². The van der Waals surface area contributed by atoms with Gasteiger partial charge in [-0.2, -0.15) is 5.26 Å². The highest BCUT2D eigenvalue weighted by atomic mass is 19.1. The number of anilines is 1. The standard InChI is InChI=1S/C15H18FN3O/c1-10-13(16)5-12(8-17)6-14(10)19-15(20)7-11-3-2-4-18-9-11/h5-6,11,18H,2-4,7,9H2,1H3,(H,19,20). The minimum Gasteiger partial charge on any atom is -0.326 e. The fourth-order valence-corrected chi connectivity index (χ4v) is 2.43. The molecule has 2 N–H and O–H groups in total. The molecule has 0 radical (unpaired) electrons. The van der Waals surface area contributed by atoms with Gasteiger partial charge in [-0.3, -0.25) is 4.79 Å². The number of nitrogens with zero attached hydrogens (tertiary/aromatic N) is 1. The van der Waals surface area contributed by atoms with Gasteiger partial charge in [0.05, 0.1) is 11.6 Å². The summed E-state index contributed by atoms with van der Waals surface area (Å²) in [5, 5.41) is 14.8. The first kappa shape index (κ1) is 14.5. The van der Waals surface area contributed by atoms with Gasteiger partial charge in [0.2, 0.25) is 5.91 Å². The lowest BCUT2D eigenvalue weighted by Crippen LogP contribution is -2.32.